The first-order chi connectivity index (χ1) is 9.65. The van der Waals surface area contributed by atoms with E-state index in [1.54, 1.807) is 6.92 Å². The van der Waals surface area contributed by atoms with Gasteiger partial charge in [-0.25, -0.2) is 13.2 Å². The van der Waals surface area contributed by atoms with E-state index >= 15 is 0 Å². The molecule has 8 nitrogen and oxygen atoms in total. The Labute approximate surface area is 124 Å². The van der Waals surface area contributed by atoms with Crippen LogP contribution in [0.2, 0.25) is 0 Å². The van der Waals surface area contributed by atoms with Crippen molar-refractivity contribution < 1.29 is 17.9 Å². The lowest BCUT2D eigenvalue weighted by atomic mass is 9.94. The Morgan fingerprint density at radius 3 is 2.67 bits per heavy atom. The van der Waals surface area contributed by atoms with Crippen molar-refractivity contribution in [1.29, 1.82) is 0 Å². The van der Waals surface area contributed by atoms with Crippen molar-refractivity contribution in [3.63, 3.8) is 0 Å². The maximum atomic E-state index is 12.5. The summed E-state index contributed by atoms with van der Waals surface area (Å²) in [5, 5.41) is 5.73. The van der Waals surface area contributed by atoms with E-state index in [1.165, 1.54) is 7.05 Å². The number of aromatic nitrogens is 2. The molecule has 0 aliphatic heterocycles. The Morgan fingerprint density at radius 1 is 1.52 bits per heavy atom. The molecule has 0 aliphatic carbocycles. The van der Waals surface area contributed by atoms with Crippen LogP contribution >= 0.6 is 0 Å². The minimum absolute atomic E-state index is 0.103. The summed E-state index contributed by atoms with van der Waals surface area (Å²) in [7, 11) is -2.44. The number of nitrogens with one attached hydrogen (secondary N) is 1. The molecule has 0 amide bonds. The first-order valence-electron chi connectivity index (χ1n) is 6.52. The SMILES string of the molecule is CCOC(=O)c1cn[nH]c1S(=O)(=O)N(C)CC(C)(C)CN. The maximum absolute atomic E-state index is 12.5. The van der Waals surface area contributed by atoms with Gasteiger partial charge in [0, 0.05) is 13.6 Å². The molecule has 1 heterocycles. The second-order valence-electron chi connectivity index (χ2n) is 5.46. The molecule has 0 saturated carbocycles. The van der Waals surface area contributed by atoms with Crippen LogP contribution in [0, 0.1) is 5.41 Å². The maximum Gasteiger partial charge on any atom is 0.342 e. The van der Waals surface area contributed by atoms with Crippen molar-refractivity contribution in [3.05, 3.63) is 11.8 Å². The zero-order valence-electron chi connectivity index (χ0n) is 12.7. The van der Waals surface area contributed by atoms with Crippen molar-refractivity contribution in [2.24, 2.45) is 11.1 Å². The summed E-state index contributed by atoms with van der Waals surface area (Å²) >= 11 is 0. The minimum Gasteiger partial charge on any atom is -0.462 e. The summed E-state index contributed by atoms with van der Waals surface area (Å²) in [6.45, 7) is 6.06. The quantitative estimate of drug-likeness (QED) is 0.693. The topological polar surface area (TPSA) is 118 Å². The van der Waals surface area contributed by atoms with Crippen molar-refractivity contribution in [2.75, 3.05) is 26.7 Å². The molecule has 0 fully saturated rings. The predicted molar refractivity (Wildman–Crippen MR) is 77.2 cm³/mol. The number of hydrogen-bond acceptors (Lipinski definition) is 6. The van der Waals surface area contributed by atoms with Crippen molar-refractivity contribution in [3.8, 4) is 0 Å². The van der Waals surface area contributed by atoms with E-state index < -0.39 is 16.0 Å². The molecule has 0 atom stereocenters. The number of carbonyl (C=O) groups excluding carboxylic acids is 1. The molecule has 120 valence electrons. The van der Waals surface area contributed by atoms with Gasteiger partial charge in [-0.05, 0) is 18.9 Å². The fraction of sp³-hybridized carbons (Fsp3) is 0.667. The molecule has 1 rings (SSSR count). The number of nitrogens with two attached hydrogens (primary N) is 1. The molecule has 0 unspecified atom stereocenters. The molecule has 3 N–H and O–H groups in total. The second kappa shape index (κ2) is 6.54. The number of carbonyl (C=O) groups is 1. The number of H-pyrrole nitrogens is 1. The number of nitrogens with zero attached hydrogens (tertiary/aromatic N) is 2. The molecule has 1 aromatic rings. The van der Waals surface area contributed by atoms with Crippen LogP contribution < -0.4 is 5.73 Å². The Hall–Kier alpha value is -1.45. The highest BCUT2D eigenvalue weighted by atomic mass is 32.2. The number of hydrogen-bond donors (Lipinski definition) is 2. The number of esters is 1. The first-order valence-corrected chi connectivity index (χ1v) is 7.96. The molecule has 0 spiro atoms. The lowest BCUT2D eigenvalue weighted by Crippen LogP contribution is -2.40. The summed E-state index contributed by atoms with van der Waals surface area (Å²) in [4.78, 5) is 11.8. The third-order valence-corrected chi connectivity index (χ3v) is 4.75. The summed E-state index contributed by atoms with van der Waals surface area (Å²) in [6, 6.07) is 0. The molecule has 1 aromatic heterocycles. The van der Waals surface area contributed by atoms with Gasteiger partial charge in [-0.1, -0.05) is 13.8 Å². The smallest absolute Gasteiger partial charge is 0.342 e. The molecule has 0 aliphatic rings. The molecular formula is C12H22N4O4S. The van der Waals surface area contributed by atoms with Gasteiger partial charge in [0.1, 0.15) is 5.56 Å². The fourth-order valence-electron chi connectivity index (χ4n) is 1.73. The van der Waals surface area contributed by atoms with Crippen LogP contribution in [0.1, 0.15) is 31.1 Å². The van der Waals surface area contributed by atoms with Crippen LogP contribution in [0.15, 0.2) is 11.2 Å². The third-order valence-electron chi connectivity index (χ3n) is 2.97. The molecular weight excluding hydrogens is 296 g/mol. The highest BCUT2D eigenvalue weighted by molar-refractivity contribution is 7.89. The summed E-state index contributed by atoms with van der Waals surface area (Å²) < 4.78 is 31.0. The van der Waals surface area contributed by atoms with E-state index in [1.807, 2.05) is 13.8 Å². The van der Waals surface area contributed by atoms with E-state index in [-0.39, 0.29) is 29.2 Å². The van der Waals surface area contributed by atoms with E-state index in [4.69, 9.17) is 10.5 Å². The van der Waals surface area contributed by atoms with Crippen molar-refractivity contribution in [1.82, 2.24) is 14.5 Å². The summed E-state index contributed by atoms with van der Waals surface area (Å²) in [5.74, 6) is -0.726. The zero-order valence-corrected chi connectivity index (χ0v) is 13.5. The molecule has 0 saturated heterocycles. The molecule has 9 heteroatoms. The van der Waals surface area contributed by atoms with Crippen molar-refractivity contribution >= 4 is 16.0 Å². The number of aromatic amines is 1. The van der Waals surface area contributed by atoms with E-state index in [0.29, 0.717) is 6.54 Å². The molecule has 0 radical (unpaired) electrons. The van der Waals surface area contributed by atoms with Gasteiger partial charge in [-0.15, -0.1) is 0 Å². The minimum atomic E-state index is -3.87. The third kappa shape index (κ3) is 4.02. The van der Waals surface area contributed by atoms with Crippen LogP contribution in [0.5, 0.6) is 0 Å². The average Bonchev–Trinajstić information content (AvgIpc) is 2.88. The second-order valence-corrected chi connectivity index (χ2v) is 7.44. The van der Waals surface area contributed by atoms with E-state index in [0.717, 1.165) is 10.5 Å². The highest BCUT2D eigenvalue weighted by Crippen LogP contribution is 2.22. The van der Waals surface area contributed by atoms with Gasteiger partial charge < -0.3 is 10.5 Å². The zero-order chi connectivity index (χ0) is 16.3. The van der Waals surface area contributed by atoms with Gasteiger partial charge in [0.15, 0.2) is 5.03 Å². The Balaban J connectivity index is 3.09. The van der Waals surface area contributed by atoms with E-state index in [2.05, 4.69) is 10.2 Å². The Kier molecular flexibility index (Phi) is 5.48. The van der Waals surface area contributed by atoms with Crippen molar-refractivity contribution in [2.45, 2.75) is 25.8 Å². The molecule has 0 bridgehead atoms. The summed E-state index contributed by atoms with van der Waals surface area (Å²) in [5.41, 5.74) is 5.13. The Bertz CT molecular complexity index is 594. The van der Waals surface area contributed by atoms with E-state index in [9.17, 15) is 13.2 Å². The van der Waals surface area contributed by atoms with Crippen LogP contribution in [-0.2, 0) is 14.8 Å². The number of sulfonamides is 1. The molecule has 21 heavy (non-hydrogen) atoms. The normalized spacial score (nSPS) is 12.7. The fourth-order valence-corrected chi connectivity index (χ4v) is 3.15. The largest absolute Gasteiger partial charge is 0.462 e. The lowest BCUT2D eigenvalue weighted by molar-refractivity contribution is 0.0521. The van der Waals surface area contributed by atoms with Gasteiger partial charge >= 0.3 is 5.97 Å². The molecule has 0 aromatic carbocycles. The van der Waals surface area contributed by atoms with Crippen LogP contribution in [0.4, 0.5) is 0 Å². The number of ether oxygens (including phenoxy) is 1. The van der Waals surface area contributed by atoms with Gasteiger partial charge in [0.2, 0.25) is 0 Å². The van der Waals surface area contributed by atoms with Gasteiger partial charge in [-0.3, -0.25) is 5.10 Å². The predicted octanol–water partition coefficient (Wildman–Crippen LogP) is 0.192. The van der Waals surface area contributed by atoms with Crippen LogP contribution in [-0.4, -0.2) is 55.6 Å². The Morgan fingerprint density at radius 2 is 2.14 bits per heavy atom. The number of rotatable bonds is 7. The van der Waals surface area contributed by atoms with Crippen LogP contribution in [0.3, 0.4) is 0 Å². The average molecular weight is 318 g/mol. The highest BCUT2D eigenvalue weighted by Gasteiger charge is 2.32. The first kappa shape index (κ1) is 17.6. The van der Waals surface area contributed by atoms with Crippen LogP contribution in [0.25, 0.3) is 0 Å². The summed E-state index contributed by atoms with van der Waals surface area (Å²) in [6.07, 6.45) is 1.15. The lowest BCUT2D eigenvalue weighted by Gasteiger charge is -2.28. The monoisotopic (exact) mass is 318 g/mol. The van der Waals surface area contributed by atoms with Gasteiger partial charge in [-0.2, -0.15) is 9.40 Å². The standard InChI is InChI=1S/C12H22N4O4S/c1-5-20-11(17)9-6-14-15-10(9)21(18,19)16(4)8-12(2,3)7-13/h6H,5,7-8,13H2,1-4H3,(H,14,15). The van der Waals surface area contributed by atoms with Gasteiger partial charge in [0.25, 0.3) is 10.0 Å². The van der Waals surface area contributed by atoms with Gasteiger partial charge in [0.05, 0.1) is 12.8 Å².